The van der Waals surface area contributed by atoms with Crippen LogP contribution in [0.3, 0.4) is 0 Å². The number of nitrogens with zero attached hydrogens (tertiary/aromatic N) is 2. The van der Waals surface area contributed by atoms with Crippen LogP contribution in [0, 0.1) is 5.82 Å². The number of benzene rings is 1. The number of nitrogens with two attached hydrogens (primary N) is 1. The lowest BCUT2D eigenvalue weighted by Gasteiger charge is -2.20. The number of halogens is 4. The molecular formula is C15H16F4N4O3. The number of hydrogen-bond donors (Lipinski definition) is 2. The third kappa shape index (κ3) is 5.41. The molecule has 0 bridgehead atoms. The molecule has 26 heavy (non-hydrogen) atoms. The van der Waals surface area contributed by atoms with E-state index in [1.807, 2.05) is 0 Å². The number of hydrazone groups is 1. The molecule has 1 atom stereocenters. The van der Waals surface area contributed by atoms with Crippen LogP contribution in [0.25, 0.3) is 0 Å². The minimum Gasteiger partial charge on any atom is -0.370 e. The van der Waals surface area contributed by atoms with E-state index in [-0.39, 0.29) is 25.3 Å². The van der Waals surface area contributed by atoms with Crippen molar-refractivity contribution in [1.29, 1.82) is 0 Å². The summed E-state index contributed by atoms with van der Waals surface area (Å²) in [6, 6.07) is 4.15. The van der Waals surface area contributed by atoms with Gasteiger partial charge in [0.05, 0.1) is 12.3 Å². The average molecular weight is 376 g/mol. The number of rotatable bonds is 7. The maximum atomic E-state index is 13.0. The molecule has 3 N–H and O–H groups in total. The van der Waals surface area contributed by atoms with Crippen LogP contribution in [0.4, 0.5) is 23.2 Å². The number of carbonyl (C=O) groups is 2. The Hall–Kier alpha value is -2.69. The normalized spacial score (nSPS) is 17.2. The minimum absolute atomic E-state index is 0.0195. The third-order valence-corrected chi connectivity index (χ3v) is 3.39. The van der Waals surface area contributed by atoms with Gasteiger partial charge < -0.3 is 15.8 Å². The lowest BCUT2D eigenvalue weighted by molar-refractivity contribution is -0.173. The van der Waals surface area contributed by atoms with Crippen molar-refractivity contribution in [2.45, 2.75) is 18.6 Å². The first kappa shape index (κ1) is 19.6. The van der Waals surface area contributed by atoms with Crippen molar-refractivity contribution in [2.75, 3.05) is 24.8 Å². The molecule has 0 fully saturated rings. The summed E-state index contributed by atoms with van der Waals surface area (Å²) in [6.07, 6.45) is -4.52. The van der Waals surface area contributed by atoms with Crippen LogP contribution in [0.1, 0.15) is 6.42 Å². The molecule has 1 aromatic carbocycles. The van der Waals surface area contributed by atoms with Crippen LogP contribution in [0.2, 0.25) is 0 Å². The lowest BCUT2D eigenvalue weighted by Crippen LogP contribution is -2.40. The topological polar surface area (TPSA) is 97.0 Å². The van der Waals surface area contributed by atoms with Crippen molar-refractivity contribution in [3.63, 3.8) is 0 Å². The number of ether oxygens (including phenoxy) is 1. The van der Waals surface area contributed by atoms with Gasteiger partial charge in [-0.3, -0.25) is 14.6 Å². The minimum atomic E-state index is -4.44. The highest BCUT2D eigenvalue weighted by Crippen LogP contribution is 2.24. The van der Waals surface area contributed by atoms with Gasteiger partial charge in [-0.05, 0) is 24.3 Å². The van der Waals surface area contributed by atoms with Gasteiger partial charge in [0.15, 0.2) is 0 Å². The first-order chi connectivity index (χ1) is 12.2. The highest BCUT2D eigenvalue weighted by molar-refractivity contribution is 6.40. The largest absolute Gasteiger partial charge is 0.411 e. The maximum absolute atomic E-state index is 13.0. The third-order valence-electron chi connectivity index (χ3n) is 3.39. The van der Waals surface area contributed by atoms with Gasteiger partial charge in [0.25, 0.3) is 5.91 Å². The zero-order chi connectivity index (χ0) is 19.3. The van der Waals surface area contributed by atoms with Gasteiger partial charge in [0.1, 0.15) is 24.2 Å². The summed E-state index contributed by atoms with van der Waals surface area (Å²) < 4.78 is 53.2. The van der Waals surface area contributed by atoms with Crippen molar-refractivity contribution in [3.05, 3.63) is 30.1 Å². The molecule has 0 radical (unpaired) electrons. The van der Waals surface area contributed by atoms with Gasteiger partial charge in [0, 0.05) is 13.0 Å². The van der Waals surface area contributed by atoms with Gasteiger partial charge in [0.2, 0.25) is 5.91 Å². The van der Waals surface area contributed by atoms with E-state index >= 15 is 0 Å². The van der Waals surface area contributed by atoms with Crippen LogP contribution in [0.5, 0.6) is 0 Å². The van der Waals surface area contributed by atoms with Crippen LogP contribution in [-0.4, -0.2) is 49.5 Å². The van der Waals surface area contributed by atoms with Crippen LogP contribution < -0.4 is 16.1 Å². The van der Waals surface area contributed by atoms with Crippen molar-refractivity contribution in [1.82, 2.24) is 5.32 Å². The molecule has 1 aliphatic heterocycles. The molecule has 7 nitrogen and oxygen atoms in total. The molecule has 11 heteroatoms. The Kier molecular flexibility index (Phi) is 6.14. The van der Waals surface area contributed by atoms with E-state index in [4.69, 9.17) is 5.73 Å². The number of alkyl halides is 3. The fourth-order valence-corrected chi connectivity index (χ4v) is 2.23. The first-order valence-corrected chi connectivity index (χ1v) is 7.51. The Morgan fingerprint density at radius 1 is 1.31 bits per heavy atom. The molecule has 1 aromatic rings. The van der Waals surface area contributed by atoms with Crippen molar-refractivity contribution < 1.29 is 31.9 Å². The SMILES string of the molecule is NC(=O)C1CC(C(=O)NCCOCC(F)(F)F)=NN1c1ccc(F)cc1. The van der Waals surface area contributed by atoms with Gasteiger partial charge in [-0.15, -0.1) is 0 Å². The second kappa shape index (κ2) is 8.13. The molecule has 1 heterocycles. The van der Waals surface area contributed by atoms with E-state index in [1.54, 1.807) is 0 Å². The first-order valence-electron chi connectivity index (χ1n) is 7.51. The number of primary amides is 1. The van der Waals surface area contributed by atoms with E-state index in [9.17, 15) is 27.2 Å². The van der Waals surface area contributed by atoms with E-state index in [2.05, 4.69) is 15.2 Å². The van der Waals surface area contributed by atoms with Crippen LogP contribution in [-0.2, 0) is 14.3 Å². The Balaban J connectivity index is 1.95. The highest BCUT2D eigenvalue weighted by atomic mass is 19.4. The monoisotopic (exact) mass is 376 g/mol. The lowest BCUT2D eigenvalue weighted by atomic mass is 10.1. The standard InChI is InChI=1S/C15H16F4N4O3/c16-9-1-3-10(4-2-9)23-12(13(20)24)7-11(22-23)14(25)21-5-6-26-8-15(17,18)19/h1-4,12H,5-8H2,(H2,20,24)(H,21,25). The van der Waals surface area contributed by atoms with E-state index in [0.717, 1.165) is 0 Å². The predicted molar refractivity (Wildman–Crippen MR) is 83.8 cm³/mol. The predicted octanol–water partition coefficient (Wildman–Crippen LogP) is 0.941. The Labute approximate surface area is 145 Å². The van der Waals surface area contributed by atoms with E-state index in [1.165, 1.54) is 29.3 Å². The van der Waals surface area contributed by atoms with Crippen LogP contribution in [0.15, 0.2) is 29.4 Å². The fourth-order valence-electron chi connectivity index (χ4n) is 2.23. The van der Waals surface area contributed by atoms with Crippen molar-refractivity contribution in [3.8, 4) is 0 Å². The second-order valence-electron chi connectivity index (χ2n) is 5.41. The molecule has 2 amide bonds. The summed E-state index contributed by atoms with van der Waals surface area (Å²) in [7, 11) is 0. The number of hydrogen-bond acceptors (Lipinski definition) is 5. The Morgan fingerprint density at radius 2 is 1.96 bits per heavy atom. The Morgan fingerprint density at radius 3 is 2.54 bits per heavy atom. The molecule has 1 unspecified atom stereocenters. The molecule has 0 aliphatic carbocycles. The average Bonchev–Trinajstić information content (AvgIpc) is 2.99. The van der Waals surface area contributed by atoms with Crippen LogP contribution >= 0.6 is 0 Å². The van der Waals surface area contributed by atoms with Gasteiger partial charge in [-0.25, -0.2) is 4.39 Å². The second-order valence-corrected chi connectivity index (χ2v) is 5.41. The van der Waals surface area contributed by atoms with Gasteiger partial charge in [-0.2, -0.15) is 18.3 Å². The number of nitrogens with one attached hydrogen (secondary N) is 1. The summed E-state index contributed by atoms with van der Waals surface area (Å²) in [5, 5.41) is 7.58. The summed E-state index contributed by atoms with van der Waals surface area (Å²) in [5.41, 5.74) is 5.66. The summed E-state index contributed by atoms with van der Waals surface area (Å²) in [6.45, 7) is -1.91. The number of carbonyl (C=O) groups excluding carboxylic acids is 2. The van der Waals surface area contributed by atoms with Gasteiger partial charge in [-0.1, -0.05) is 0 Å². The molecule has 0 aromatic heterocycles. The summed E-state index contributed by atoms with van der Waals surface area (Å²) in [5.74, 6) is -1.87. The molecule has 142 valence electrons. The quantitative estimate of drug-likeness (QED) is 0.547. The summed E-state index contributed by atoms with van der Waals surface area (Å²) >= 11 is 0. The van der Waals surface area contributed by atoms with E-state index < -0.39 is 36.5 Å². The van der Waals surface area contributed by atoms with Crippen molar-refractivity contribution >= 4 is 23.2 Å². The smallest absolute Gasteiger partial charge is 0.370 e. The molecule has 0 saturated carbocycles. The van der Waals surface area contributed by atoms with E-state index in [0.29, 0.717) is 5.69 Å². The molecule has 1 aliphatic rings. The molecule has 0 spiro atoms. The fraction of sp³-hybridized carbons (Fsp3) is 0.400. The number of anilines is 1. The molecule has 0 saturated heterocycles. The Bertz CT molecular complexity index is 691. The molecular weight excluding hydrogens is 360 g/mol. The highest BCUT2D eigenvalue weighted by Gasteiger charge is 2.35. The van der Waals surface area contributed by atoms with Crippen molar-refractivity contribution in [2.24, 2.45) is 10.8 Å². The summed E-state index contributed by atoms with van der Waals surface area (Å²) in [4.78, 5) is 23.6. The maximum Gasteiger partial charge on any atom is 0.411 e. The van der Waals surface area contributed by atoms with Gasteiger partial charge >= 0.3 is 6.18 Å². The zero-order valence-electron chi connectivity index (χ0n) is 13.4. The number of amides is 2. The zero-order valence-corrected chi connectivity index (χ0v) is 13.4. The molecule has 2 rings (SSSR count).